The Labute approximate surface area is 182 Å². The Morgan fingerprint density at radius 2 is 1.50 bits per heavy atom. The molecule has 144 valence electrons. The van der Waals surface area contributed by atoms with E-state index in [1.54, 1.807) is 28.7 Å². The number of hydrogen-bond acceptors (Lipinski definition) is 5. The van der Waals surface area contributed by atoms with Crippen LogP contribution in [0.4, 0.5) is 0 Å². The summed E-state index contributed by atoms with van der Waals surface area (Å²) in [4.78, 5) is 2.13. The van der Waals surface area contributed by atoms with E-state index >= 15 is 0 Å². The maximum atomic E-state index is 9.29. The molecule has 2 nitrogen and oxygen atoms in total. The quantitative estimate of drug-likeness (QED) is 0.405. The summed E-state index contributed by atoms with van der Waals surface area (Å²) in [6.07, 6.45) is 1.38. The third-order valence-corrected chi connectivity index (χ3v) is 7.02. The van der Waals surface area contributed by atoms with Crippen LogP contribution in [-0.2, 0) is 0 Å². The lowest BCUT2D eigenvalue weighted by Gasteiger charge is -2.02. The van der Waals surface area contributed by atoms with E-state index in [9.17, 15) is 5.11 Å². The summed E-state index contributed by atoms with van der Waals surface area (Å²) in [6, 6.07) is 5.77. The zero-order valence-corrected chi connectivity index (χ0v) is 19.2. The molecule has 3 aromatic heterocycles. The van der Waals surface area contributed by atoms with Crippen LogP contribution in [0.15, 0.2) is 39.7 Å². The van der Waals surface area contributed by atoms with Crippen molar-refractivity contribution >= 4 is 68.8 Å². The van der Waals surface area contributed by atoms with Crippen LogP contribution in [0, 0.1) is 0 Å². The lowest BCUT2D eigenvalue weighted by atomic mass is 10.2. The molecule has 2 unspecified atom stereocenters. The molecule has 0 radical (unpaired) electrons. The highest BCUT2D eigenvalue weighted by molar-refractivity contribution is 7.10. The van der Waals surface area contributed by atoms with Crippen molar-refractivity contribution in [3.63, 3.8) is 0 Å². The second-order valence-electron chi connectivity index (χ2n) is 5.21. The minimum atomic E-state index is -0.336. The van der Waals surface area contributed by atoms with Gasteiger partial charge in [-0.15, -0.1) is 22.7 Å². The molecule has 0 saturated carbocycles. The van der Waals surface area contributed by atoms with Gasteiger partial charge in [-0.2, -0.15) is 11.3 Å². The van der Waals surface area contributed by atoms with Crippen molar-refractivity contribution < 1.29 is 5.11 Å². The summed E-state index contributed by atoms with van der Waals surface area (Å²) in [5.74, 6) is 0. The molecule has 0 aromatic carbocycles. The number of thiophene rings is 3. The molecule has 0 aliphatic heterocycles. The molecule has 3 N–H and O–H groups in total. The van der Waals surface area contributed by atoms with E-state index < -0.39 is 0 Å². The number of aliphatic hydroxyl groups excluding tert-OH is 1. The predicted octanol–water partition coefficient (Wildman–Crippen LogP) is 8.06. The summed E-state index contributed by atoms with van der Waals surface area (Å²) in [7, 11) is 0. The van der Waals surface area contributed by atoms with Crippen LogP contribution >= 0.6 is 68.8 Å². The van der Waals surface area contributed by atoms with Crippen LogP contribution in [-0.4, -0.2) is 5.11 Å². The van der Waals surface area contributed by atoms with Gasteiger partial charge < -0.3 is 10.8 Å². The molecule has 3 rings (SSSR count). The van der Waals surface area contributed by atoms with Gasteiger partial charge in [-0.3, -0.25) is 0 Å². The zero-order valence-electron chi connectivity index (χ0n) is 14.5. The van der Waals surface area contributed by atoms with Crippen molar-refractivity contribution in [2.45, 2.75) is 38.8 Å². The highest BCUT2D eigenvalue weighted by Crippen LogP contribution is 2.26. The minimum Gasteiger partial charge on any atom is -0.388 e. The smallest absolute Gasteiger partial charge is 0.0879 e. The first-order chi connectivity index (χ1) is 12.4. The van der Waals surface area contributed by atoms with Crippen molar-refractivity contribution in [1.82, 2.24) is 0 Å². The Hall–Kier alpha value is -0.110. The highest BCUT2D eigenvalue weighted by atomic mass is 35.5. The lowest BCUT2D eigenvalue weighted by molar-refractivity contribution is 0.177. The van der Waals surface area contributed by atoms with E-state index in [4.69, 9.17) is 40.5 Å². The lowest BCUT2D eigenvalue weighted by Crippen LogP contribution is -2.05. The van der Waals surface area contributed by atoms with Gasteiger partial charge >= 0.3 is 0 Å². The van der Waals surface area contributed by atoms with E-state index in [-0.39, 0.29) is 12.1 Å². The van der Waals surface area contributed by atoms with Gasteiger partial charge in [0.25, 0.3) is 0 Å². The molecular formula is C18H22Cl3NOS3. The van der Waals surface area contributed by atoms with Gasteiger partial charge in [0.05, 0.1) is 21.2 Å². The van der Waals surface area contributed by atoms with E-state index in [2.05, 4.69) is 6.92 Å². The van der Waals surface area contributed by atoms with Crippen LogP contribution in [0.25, 0.3) is 0 Å². The third kappa shape index (κ3) is 9.20. The average Bonchev–Trinajstić information content (AvgIpc) is 3.37. The Morgan fingerprint density at radius 1 is 0.923 bits per heavy atom. The predicted molar refractivity (Wildman–Crippen MR) is 120 cm³/mol. The van der Waals surface area contributed by atoms with Gasteiger partial charge in [-0.05, 0) is 36.4 Å². The molecule has 0 spiro atoms. The maximum Gasteiger partial charge on any atom is 0.0879 e. The highest BCUT2D eigenvalue weighted by Gasteiger charge is 2.06. The average molecular weight is 471 g/mol. The first kappa shape index (κ1) is 23.9. The van der Waals surface area contributed by atoms with Crippen molar-refractivity contribution in [2.75, 3.05) is 0 Å². The summed E-state index contributed by atoms with van der Waals surface area (Å²) in [5, 5.41) is 19.2. The number of hydrogen-bond donors (Lipinski definition) is 2. The zero-order chi connectivity index (χ0) is 19.5. The normalized spacial score (nSPS) is 12.4. The molecule has 0 fully saturated rings. The van der Waals surface area contributed by atoms with Gasteiger partial charge in [0, 0.05) is 31.9 Å². The summed E-state index contributed by atoms with van der Waals surface area (Å²) < 4.78 is 0. The van der Waals surface area contributed by atoms with Gasteiger partial charge in [0.1, 0.15) is 0 Å². The van der Waals surface area contributed by atoms with E-state index in [1.165, 1.54) is 16.2 Å². The maximum absolute atomic E-state index is 9.29. The van der Waals surface area contributed by atoms with Crippen molar-refractivity contribution in [3.05, 3.63) is 64.5 Å². The molecule has 26 heavy (non-hydrogen) atoms. The fourth-order valence-electron chi connectivity index (χ4n) is 1.68. The van der Waals surface area contributed by atoms with E-state index in [1.807, 2.05) is 40.6 Å². The molecular weight excluding hydrogens is 449 g/mol. The standard InChI is InChI=1S/C7H10ClNS.C7H9ClOS.C4H3ClS/c2*1-2-6(9)7-3-5(8)4-10-7;5-4-1-2-6-3-4/h3-4,6H,2,9H2,1H3;3-4,6,9H,2H2,1H3;1-3H. The van der Waals surface area contributed by atoms with Crippen LogP contribution in [0.2, 0.25) is 15.1 Å². The molecule has 0 amide bonds. The van der Waals surface area contributed by atoms with Gasteiger partial charge in [-0.1, -0.05) is 48.7 Å². The van der Waals surface area contributed by atoms with E-state index in [0.29, 0.717) is 5.02 Å². The van der Waals surface area contributed by atoms with Crippen LogP contribution in [0.1, 0.15) is 48.6 Å². The van der Waals surface area contributed by atoms with Crippen LogP contribution in [0.5, 0.6) is 0 Å². The first-order valence-corrected chi connectivity index (χ1v) is 11.8. The largest absolute Gasteiger partial charge is 0.388 e. The molecule has 3 aromatic rings. The van der Waals surface area contributed by atoms with Crippen LogP contribution in [0.3, 0.4) is 0 Å². The van der Waals surface area contributed by atoms with Crippen LogP contribution < -0.4 is 5.73 Å². The second-order valence-corrected chi connectivity index (χ2v) is 9.19. The first-order valence-electron chi connectivity index (χ1n) is 7.96. The minimum absolute atomic E-state index is 0.164. The fraction of sp³-hybridized carbons (Fsp3) is 0.333. The number of nitrogens with two attached hydrogens (primary N) is 1. The molecule has 0 aliphatic carbocycles. The summed E-state index contributed by atoms with van der Waals surface area (Å²) in [5.41, 5.74) is 5.76. The number of rotatable bonds is 4. The van der Waals surface area contributed by atoms with E-state index in [0.717, 1.165) is 27.8 Å². The molecule has 0 aliphatic rings. The van der Waals surface area contributed by atoms with Crippen molar-refractivity contribution in [2.24, 2.45) is 5.73 Å². The Bertz CT molecular complexity index is 681. The Balaban J connectivity index is 0.000000201. The van der Waals surface area contributed by atoms with Crippen molar-refractivity contribution in [1.29, 1.82) is 0 Å². The number of aliphatic hydroxyl groups is 1. The third-order valence-electron chi connectivity index (χ3n) is 3.18. The van der Waals surface area contributed by atoms with Gasteiger partial charge in [-0.25, -0.2) is 0 Å². The molecule has 0 saturated heterocycles. The second kappa shape index (κ2) is 13.1. The molecule has 2 atom stereocenters. The van der Waals surface area contributed by atoms with Crippen molar-refractivity contribution in [3.8, 4) is 0 Å². The Morgan fingerprint density at radius 3 is 1.81 bits per heavy atom. The number of halogens is 3. The molecule has 8 heteroatoms. The van der Waals surface area contributed by atoms with Gasteiger partial charge in [0.15, 0.2) is 0 Å². The topological polar surface area (TPSA) is 46.2 Å². The fourth-order valence-corrected chi connectivity index (χ4v) is 4.80. The molecule has 0 bridgehead atoms. The molecule has 3 heterocycles. The van der Waals surface area contributed by atoms with Gasteiger partial charge in [0.2, 0.25) is 0 Å². The summed E-state index contributed by atoms with van der Waals surface area (Å²) >= 11 is 21.6. The SMILES string of the molecule is CCC(N)c1cc(Cl)cs1.CCC(O)c1cc(Cl)cs1.Clc1ccsc1. The summed E-state index contributed by atoms with van der Waals surface area (Å²) in [6.45, 7) is 4.01. The Kier molecular flexibility index (Phi) is 12.1. The monoisotopic (exact) mass is 469 g/mol.